The van der Waals surface area contributed by atoms with Gasteiger partial charge in [-0.3, -0.25) is 4.79 Å². The molecular weight excluding hydrogens is 456 g/mol. The van der Waals surface area contributed by atoms with Crippen LogP contribution in [0.4, 0.5) is 4.79 Å². The molecule has 2 amide bonds. The highest BCUT2D eigenvalue weighted by Gasteiger charge is 2.30. The van der Waals surface area contributed by atoms with Gasteiger partial charge in [-0.25, -0.2) is 9.59 Å². The average Bonchev–Trinajstić information content (AvgIpc) is 3.48. The first-order chi connectivity index (χ1) is 16.5. The summed E-state index contributed by atoms with van der Waals surface area (Å²) < 4.78 is 5.55. The minimum atomic E-state index is -1.57. The van der Waals surface area contributed by atoms with E-state index >= 15 is 0 Å². The molecule has 2 atom stereocenters. The van der Waals surface area contributed by atoms with Gasteiger partial charge in [-0.1, -0.05) is 54.6 Å². The summed E-state index contributed by atoms with van der Waals surface area (Å²) in [7, 11) is 0. The van der Waals surface area contributed by atoms with Gasteiger partial charge in [0.2, 0.25) is 5.91 Å². The van der Waals surface area contributed by atoms with Crippen LogP contribution in [0.15, 0.2) is 66.0 Å². The highest BCUT2D eigenvalue weighted by Crippen LogP contribution is 2.44. The van der Waals surface area contributed by atoms with E-state index in [4.69, 9.17) is 9.84 Å². The number of aliphatic hydroxyl groups is 1. The number of carbonyl (C=O) groups is 3. The number of hydrogen-bond acceptors (Lipinski definition) is 6. The maximum absolute atomic E-state index is 12.7. The molecule has 2 aromatic carbocycles. The van der Waals surface area contributed by atoms with E-state index in [1.54, 1.807) is 17.5 Å². The van der Waals surface area contributed by atoms with Crippen LogP contribution in [0.3, 0.4) is 0 Å². The van der Waals surface area contributed by atoms with Crippen molar-refractivity contribution < 1.29 is 29.3 Å². The highest BCUT2D eigenvalue weighted by atomic mass is 32.1. The first kappa shape index (κ1) is 23.5. The van der Waals surface area contributed by atoms with Crippen LogP contribution in [-0.4, -0.2) is 47.4 Å². The van der Waals surface area contributed by atoms with Crippen LogP contribution in [0.5, 0.6) is 0 Å². The van der Waals surface area contributed by atoms with Gasteiger partial charge < -0.3 is 25.6 Å². The Morgan fingerprint density at radius 2 is 1.62 bits per heavy atom. The molecule has 1 aliphatic carbocycles. The standard InChI is InChI=1S/C25H24N2O6S/c28-20(24(30)31)11-12-26-23(29)22(21-10-5-13-34-21)27-25(32)33-14-19-17-8-3-1-6-15(17)16-7-2-4-9-18(16)19/h1-10,13,19-20,22,28H,11-12,14H2,(H,26,29)(H,27,32)(H,30,31). The van der Waals surface area contributed by atoms with E-state index in [1.807, 2.05) is 48.5 Å². The van der Waals surface area contributed by atoms with E-state index < -0.39 is 30.1 Å². The zero-order chi connectivity index (χ0) is 24.1. The van der Waals surface area contributed by atoms with Crippen LogP contribution in [-0.2, 0) is 14.3 Å². The van der Waals surface area contributed by atoms with Crippen molar-refractivity contribution in [2.24, 2.45) is 0 Å². The largest absolute Gasteiger partial charge is 0.479 e. The lowest BCUT2D eigenvalue weighted by Gasteiger charge is -2.19. The number of aliphatic hydroxyl groups excluding tert-OH is 1. The van der Waals surface area contributed by atoms with Gasteiger partial charge in [0, 0.05) is 23.8 Å². The van der Waals surface area contributed by atoms with Crippen LogP contribution in [0.2, 0.25) is 0 Å². The lowest BCUT2D eigenvalue weighted by molar-refractivity contribution is -0.147. The summed E-state index contributed by atoms with van der Waals surface area (Å²) in [6, 6.07) is 18.5. The second kappa shape index (κ2) is 10.5. The Bertz CT molecular complexity index is 1130. The third-order valence-corrected chi connectivity index (χ3v) is 6.63. The predicted molar refractivity (Wildman–Crippen MR) is 127 cm³/mol. The van der Waals surface area contributed by atoms with Crippen LogP contribution in [0.25, 0.3) is 11.1 Å². The molecule has 1 aliphatic rings. The molecule has 0 radical (unpaired) electrons. The van der Waals surface area contributed by atoms with Crippen molar-refractivity contribution >= 4 is 29.3 Å². The summed E-state index contributed by atoms with van der Waals surface area (Å²) in [5.74, 6) is -1.99. The number of aliphatic carboxylic acids is 1. The maximum atomic E-state index is 12.7. The molecule has 0 spiro atoms. The number of carboxylic acid groups (broad SMARTS) is 1. The van der Waals surface area contributed by atoms with Crippen LogP contribution < -0.4 is 10.6 Å². The molecule has 0 saturated carbocycles. The van der Waals surface area contributed by atoms with E-state index in [9.17, 15) is 19.5 Å². The molecule has 34 heavy (non-hydrogen) atoms. The SMILES string of the molecule is O=C(NC(C(=O)NCCC(O)C(=O)O)c1cccs1)OCC1c2ccccc2-c2ccccc21. The summed E-state index contributed by atoms with van der Waals surface area (Å²) >= 11 is 1.30. The number of alkyl carbamates (subject to hydrolysis) is 1. The van der Waals surface area contributed by atoms with Gasteiger partial charge in [0.05, 0.1) is 0 Å². The number of hydrogen-bond donors (Lipinski definition) is 4. The number of nitrogens with one attached hydrogen (secondary N) is 2. The molecule has 0 saturated heterocycles. The van der Waals surface area contributed by atoms with Gasteiger partial charge in [-0.05, 0) is 33.7 Å². The number of fused-ring (bicyclic) bond motifs is 3. The number of amides is 2. The van der Waals surface area contributed by atoms with Crippen molar-refractivity contribution in [3.63, 3.8) is 0 Å². The van der Waals surface area contributed by atoms with Gasteiger partial charge in [-0.15, -0.1) is 11.3 Å². The number of thiophene rings is 1. The normalized spacial score (nSPS) is 13.9. The fourth-order valence-electron chi connectivity index (χ4n) is 4.04. The zero-order valence-electron chi connectivity index (χ0n) is 18.1. The molecule has 0 aliphatic heterocycles. The van der Waals surface area contributed by atoms with Crippen molar-refractivity contribution in [3.05, 3.63) is 82.0 Å². The summed E-state index contributed by atoms with van der Waals surface area (Å²) in [4.78, 5) is 36.7. The number of carbonyl (C=O) groups excluding carboxylic acids is 2. The van der Waals surface area contributed by atoms with Crippen molar-refractivity contribution in [3.8, 4) is 11.1 Å². The van der Waals surface area contributed by atoms with E-state index in [-0.39, 0.29) is 25.5 Å². The molecule has 0 fully saturated rings. The van der Waals surface area contributed by atoms with Gasteiger partial charge in [0.15, 0.2) is 6.10 Å². The maximum Gasteiger partial charge on any atom is 0.408 e. The minimum absolute atomic E-state index is 0.0550. The first-order valence-electron chi connectivity index (χ1n) is 10.8. The quantitative estimate of drug-likeness (QED) is 0.373. The summed E-state index contributed by atoms with van der Waals surface area (Å²) in [5, 5.41) is 25.1. The average molecular weight is 481 g/mol. The molecule has 0 bridgehead atoms. The van der Waals surface area contributed by atoms with Crippen LogP contribution in [0.1, 0.15) is 34.4 Å². The topological polar surface area (TPSA) is 125 Å². The molecule has 2 unspecified atom stereocenters. The lowest BCUT2D eigenvalue weighted by Crippen LogP contribution is -2.41. The fourth-order valence-corrected chi connectivity index (χ4v) is 4.81. The Kier molecular flexibility index (Phi) is 7.24. The van der Waals surface area contributed by atoms with Gasteiger partial charge in [0.25, 0.3) is 0 Å². The lowest BCUT2D eigenvalue weighted by atomic mass is 9.98. The van der Waals surface area contributed by atoms with Crippen molar-refractivity contribution in [2.45, 2.75) is 24.5 Å². The van der Waals surface area contributed by atoms with E-state index in [2.05, 4.69) is 10.6 Å². The van der Waals surface area contributed by atoms with Crippen LogP contribution >= 0.6 is 11.3 Å². The molecule has 176 valence electrons. The first-order valence-corrected chi connectivity index (χ1v) is 11.7. The number of carboxylic acids is 1. The Balaban J connectivity index is 1.40. The van der Waals surface area contributed by atoms with Gasteiger partial charge >= 0.3 is 12.1 Å². The smallest absolute Gasteiger partial charge is 0.408 e. The monoisotopic (exact) mass is 480 g/mol. The second-order valence-corrected chi connectivity index (χ2v) is 8.83. The Hall–Kier alpha value is -3.69. The van der Waals surface area contributed by atoms with Crippen molar-refractivity contribution in [1.82, 2.24) is 10.6 Å². The minimum Gasteiger partial charge on any atom is -0.479 e. The summed E-state index contributed by atoms with van der Waals surface area (Å²) in [6.45, 7) is 0.0595. The molecule has 1 heterocycles. The van der Waals surface area contributed by atoms with Crippen molar-refractivity contribution in [2.75, 3.05) is 13.2 Å². The predicted octanol–water partition coefficient (Wildman–Crippen LogP) is 3.28. The van der Waals surface area contributed by atoms with E-state index in [0.717, 1.165) is 22.3 Å². The van der Waals surface area contributed by atoms with E-state index in [0.29, 0.717) is 4.88 Å². The van der Waals surface area contributed by atoms with Gasteiger partial charge in [0.1, 0.15) is 12.6 Å². The van der Waals surface area contributed by atoms with Crippen molar-refractivity contribution in [1.29, 1.82) is 0 Å². The summed E-state index contributed by atoms with van der Waals surface area (Å²) in [6.07, 6.45) is -2.46. The molecule has 4 N–H and O–H groups in total. The Morgan fingerprint density at radius 1 is 0.971 bits per heavy atom. The third-order valence-electron chi connectivity index (χ3n) is 5.70. The van der Waals surface area contributed by atoms with Gasteiger partial charge in [-0.2, -0.15) is 0 Å². The van der Waals surface area contributed by atoms with Crippen LogP contribution in [0, 0.1) is 0 Å². The second-order valence-electron chi connectivity index (χ2n) is 7.85. The highest BCUT2D eigenvalue weighted by molar-refractivity contribution is 7.10. The molecule has 3 aromatic rings. The number of ether oxygens (including phenoxy) is 1. The number of rotatable bonds is 9. The molecule has 1 aromatic heterocycles. The van der Waals surface area contributed by atoms with E-state index in [1.165, 1.54) is 11.3 Å². The fraction of sp³-hybridized carbons (Fsp3) is 0.240. The Labute approximate surface area is 200 Å². The molecule has 4 rings (SSSR count). The molecule has 8 nitrogen and oxygen atoms in total. The third kappa shape index (κ3) is 5.11. The zero-order valence-corrected chi connectivity index (χ0v) is 19.0. The summed E-state index contributed by atoms with van der Waals surface area (Å²) in [5.41, 5.74) is 4.40. The Morgan fingerprint density at radius 3 is 2.21 bits per heavy atom. The number of benzene rings is 2. The molecular formula is C25H24N2O6S. The molecule has 9 heteroatoms.